The molecule has 0 aromatic heterocycles. The molecule has 2 fully saturated rings. The highest BCUT2D eigenvalue weighted by Gasteiger charge is 2.32. The number of sulfone groups is 1. The van der Waals surface area contributed by atoms with Crippen LogP contribution in [0.2, 0.25) is 0 Å². The minimum absolute atomic E-state index is 0.133. The van der Waals surface area contributed by atoms with Crippen molar-refractivity contribution in [3.8, 4) is 0 Å². The molecule has 2 rings (SSSR count). The first-order chi connectivity index (χ1) is 8.47. The highest BCUT2D eigenvalue weighted by molar-refractivity contribution is 7.91. The summed E-state index contributed by atoms with van der Waals surface area (Å²) in [6.45, 7) is 0. The van der Waals surface area contributed by atoms with Crippen LogP contribution in [0.3, 0.4) is 0 Å². The predicted molar refractivity (Wildman–Crippen MR) is 75.1 cm³/mol. The molecule has 0 spiro atoms. The molecule has 3 nitrogen and oxygen atoms in total. The Morgan fingerprint density at radius 3 is 2.39 bits per heavy atom. The Kier molecular flexibility index (Phi) is 4.70. The molecule has 4 heteroatoms. The number of hydrogen-bond acceptors (Lipinski definition) is 3. The Labute approximate surface area is 111 Å². The Bertz CT molecular complexity index is 360. The molecule has 0 bridgehead atoms. The second-order valence-electron chi connectivity index (χ2n) is 6.43. The fourth-order valence-corrected chi connectivity index (χ4v) is 4.97. The molecular weight excluding hydrogens is 246 g/mol. The summed E-state index contributed by atoms with van der Waals surface area (Å²) >= 11 is 0. The van der Waals surface area contributed by atoms with Crippen molar-refractivity contribution in [2.24, 2.45) is 17.6 Å². The third kappa shape index (κ3) is 3.70. The molecule has 3 unspecified atom stereocenters. The van der Waals surface area contributed by atoms with Gasteiger partial charge in [-0.05, 0) is 37.5 Å². The van der Waals surface area contributed by atoms with E-state index in [-0.39, 0.29) is 11.3 Å². The highest BCUT2D eigenvalue weighted by atomic mass is 32.2. The summed E-state index contributed by atoms with van der Waals surface area (Å²) in [6.07, 6.45) is 11.6. The van der Waals surface area contributed by atoms with E-state index >= 15 is 0 Å². The standard InChI is InChI=1S/C14H27NO2S/c1-18(16,17)13-8-4-7-12(10-13)14(15)9-11-5-2-3-6-11/h11-14H,2-10,15H2,1H3. The van der Waals surface area contributed by atoms with Gasteiger partial charge in [0.25, 0.3) is 0 Å². The van der Waals surface area contributed by atoms with E-state index in [0.29, 0.717) is 5.92 Å². The molecular formula is C14H27NO2S. The minimum atomic E-state index is -2.88. The Morgan fingerprint density at radius 1 is 1.11 bits per heavy atom. The van der Waals surface area contributed by atoms with Crippen molar-refractivity contribution in [1.29, 1.82) is 0 Å². The van der Waals surface area contributed by atoms with Gasteiger partial charge < -0.3 is 5.73 Å². The predicted octanol–water partition coefficient (Wildman–Crippen LogP) is 2.50. The number of nitrogens with two attached hydrogens (primary N) is 1. The van der Waals surface area contributed by atoms with Crippen molar-refractivity contribution >= 4 is 9.84 Å². The molecule has 2 aliphatic rings. The largest absolute Gasteiger partial charge is 0.327 e. The molecule has 0 amide bonds. The van der Waals surface area contributed by atoms with E-state index in [1.165, 1.54) is 31.9 Å². The maximum atomic E-state index is 11.7. The first-order valence-electron chi connectivity index (χ1n) is 7.41. The summed E-state index contributed by atoms with van der Waals surface area (Å²) in [5.74, 6) is 1.23. The lowest BCUT2D eigenvalue weighted by Gasteiger charge is -2.33. The topological polar surface area (TPSA) is 60.2 Å². The van der Waals surface area contributed by atoms with Crippen LogP contribution in [-0.4, -0.2) is 26.0 Å². The van der Waals surface area contributed by atoms with Crippen molar-refractivity contribution in [3.05, 3.63) is 0 Å². The van der Waals surface area contributed by atoms with E-state index < -0.39 is 9.84 Å². The van der Waals surface area contributed by atoms with Crippen LogP contribution in [0.5, 0.6) is 0 Å². The lowest BCUT2D eigenvalue weighted by molar-refractivity contribution is 0.271. The third-order valence-corrected chi connectivity index (χ3v) is 6.60. The number of rotatable bonds is 4. The molecule has 0 aromatic rings. The summed E-state index contributed by atoms with van der Waals surface area (Å²) in [5, 5.41) is -0.133. The minimum Gasteiger partial charge on any atom is -0.327 e. The summed E-state index contributed by atoms with van der Waals surface area (Å²) in [7, 11) is -2.88. The monoisotopic (exact) mass is 273 g/mol. The molecule has 2 N–H and O–H groups in total. The van der Waals surface area contributed by atoms with Crippen LogP contribution in [0.25, 0.3) is 0 Å². The van der Waals surface area contributed by atoms with Crippen molar-refractivity contribution in [3.63, 3.8) is 0 Å². The fourth-order valence-electron chi connectivity index (χ4n) is 3.78. The lowest BCUT2D eigenvalue weighted by Crippen LogP contribution is -2.38. The van der Waals surface area contributed by atoms with Crippen LogP contribution in [0, 0.1) is 11.8 Å². The molecule has 0 aromatic carbocycles. The summed E-state index contributed by atoms with van der Waals surface area (Å²) in [6, 6.07) is 0.220. The number of hydrogen-bond donors (Lipinski definition) is 1. The van der Waals surface area contributed by atoms with Gasteiger partial charge in [-0.25, -0.2) is 8.42 Å². The summed E-state index contributed by atoms with van der Waals surface area (Å²) < 4.78 is 23.3. The van der Waals surface area contributed by atoms with Gasteiger partial charge in [0, 0.05) is 12.3 Å². The molecule has 0 radical (unpaired) electrons. The zero-order chi connectivity index (χ0) is 13.2. The van der Waals surface area contributed by atoms with Gasteiger partial charge in [-0.3, -0.25) is 0 Å². The SMILES string of the molecule is CS(=O)(=O)C1CCCC(C(N)CC2CCCC2)C1. The molecule has 0 saturated heterocycles. The van der Waals surface area contributed by atoms with Crippen LogP contribution in [0.15, 0.2) is 0 Å². The van der Waals surface area contributed by atoms with Gasteiger partial charge in [-0.2, -0.15) is 0 Å². The first kappa shape index (κ1) is 14.3. The van der Waals surface area contributed by atoms with Crippen LogP contribution < -0.4 is 5.73 Å². The van der Waals surface area contributed by atoms with E-state index in [9.17, 15) is 8.42 Å². The Balaban J connectivity index is 1.87. The van der Waals surface area contributed by atoms with E-state index in [0.717, 1.165) is 38.0 Å². The highest BCUT2D eigenvalue weighted by Crippen LogP contribution is 2.35. The van der Waals surface area contributed by atoms with E-state index in [2.05, 4.69) is 0 Å². The molecule has 2 aliphatic carbocycles. The van der Waals surface area contributed by atoms with Crippen LogP contribution in [0.1, 0.15) is 57.8 Å². The van der Waals surface area contributed by atoms with Gasteiger partial charge in [-0.15, -0.1) is 0 Å². The van der Waals surface area contributed by atoms with Gasteiger partial charge in [0.1, 0.15) is 9.84 Å². The van der Waals surface area contributed by atoms with E-state index in [4.69, 9.17) is 5.73 Å². The Morgan fingerprint density at radius 2 is 1.78 bits per heavy atom. The smallest absolute Gasteiger partial charge is 0.150 e. The van der Waals surface area contributed by atoms with Crippen LogP contribution >= 0.6 is 0 Å². The average molecular weight is 273 g/mol. The van der Waals surface area contributed by atoms with Crippen molar-refractivity contribution < 1.29 is 8.42 Å². The molecule has 18 heavy (non-hydrogen) atoms. The van der Waals surface area contributed by atoms with Gasteiger partial charge in [0.05, 0.1) is 5.25 Å². The first-order valence-corrected chi connectivity index (χ1v) is 9.36. The fraction of sp³-hybridized carbons (Fsp3) is 1.00. The molecule has 3 atom stereocenters. The molecule has 0 heterocycles. The normalized spacial score (nSPS) is 32.6. The molecule has 106 valence electrons. The second-order valence-corrected chi connectivity index (χ2v) is 8.75. The maximum absolute atomic E-state index is 11.7. The average Bonchev–Trinajstić information content (AvgIpc) is 2.81. The van der Waals surface area contributed by atoms with Gasteiger partial charge in [-0.1, -0.05) is 32.1 Å². The van der Waals surface area contributed by atoms with E-state index in [1.807, 2.05) is 0 Å². The van der Waals surface area contributed by atoms with Gasteiger partial charge >= 0.3 is 0 Å². The third-order valence-electron chi connectivity index (χ3n) is 4.96. The second kappa shape index (κ2) is 5.91. The lowest BCUT2D eigenvalue weighted by atomic mass is 9.80. The van der Waals surface area contributed by atoms with E-state index in [1.54, 1.807) is 0 Å². The maximum Gasteiger partial charge on any atom is 0.150 e. The quantitative estimate of drug-likeness (QED) is 0.856. The molecule has 2 saturated carbocycles. The summed E-state index contributed by atoms with van der Waals surface area (Å²) in [4.78, 5) is 0. The van der Waals surface area contributed by atoms with Crippen LogP contribution in [-0.2, 0) is 9.84 Å². The van der Waals surface area contributed by atoms with Crippen molar-refractivity contribution in [1.82, 2.24) is 0 Å². The van der Waals surface area contributed by atoms with Gasteiger partial charge in [0.15, 0.2) is 0 Å². The molecule has 0 aliphatic heterocycles. The van der Waals surface area contributed by atoms with Crippen LogP contribution in [0.4, 0.5) is 0 Å². The Hall–Kier alpha value is -0.0900. The summed E-state index contributed by atoms with van der Waals surface area (Å²) in [5.41, 5.74) is 6.34. The zero-order valence-electron chi connectivity index (χ0n) is 11.5. The van der Waals surface area contributed by atoms with Crippen molar-refractivity contribution in [2.75, 3.05) is 6.26 Å². The van der Waals surface area contributed by atoms with Crippen molar-refractivity contribution in [2.45, 2.75) is 69.1 Å². The van der Waals surface area contributed by atoms with Gasteiger partial charge in [0.2, 0.25) is 0 Å². The zero-order valence-corrected chi connectivity index (χ0v) is 12.3.